The first-order valence-corrected chi connectivity index (χ1v) is 6.18. The maximum Gasteiger partial charge on any atom is 0.0947 e. The molecular weight excluding hydrogens is 200 g/mol. The van der Waals surface area contributed by atoms with Crippen LogP contribution in [0.2, 0.25) is 0 Å². The molecule has 1 N–H and O–H groups in total. The summed E-state index contributed by atoms with van der Waals surface area (Å²) in [5, 5.41) is 3.28. The Kier molecular flexibility index (Phi) is 3.96. The summed E-state index contributed by atoms with van der Waals surface area (Å²) in [5.74, 6) is 0. The van der Waals surface area contributed by atoms with Crippen molar-refractivity contribution in [2.75, 3.05) is 26.7 Å². The Balaban J connectivity index is 2.09. The van der Waals surface area contributed by atoms with E-state index in [1.807, 2.05) is 25.0 Å². The molecule has 4 heteroatoms. The topological polar surface area (TPSA) is 33.1 Å². The highest BCUT2D eigenvalue weighted by atomic mass is 15.2. The predicted octanol–water partition coefficient (Wildman–Crippen LogP) is 1.17. The van der Waals surface area contributed by atoms with E-state index in [0.717, 1.165) is 6.54 Å². The average Bonchev–Trinajstić information content (AvgIpc) is 2.74. The molecule has 1 aromatic heterocycles. The summed E-state index contributed by atoms with van der Waals surface area (Å²) in [6.45, 7) is 3.41. The summed E-state index contributed by atoms with van der Waals surface area (Å²) < 4.78 is 2.03. The summed E-state index contributed by atoms with van der Waals surface area (Å²) in [5.41, 5.74) is 1.19. The molecule has 2 heterocycles. The Morgan fingerprint density at radius 2 is 2.12 bits per heavy atom. The number of piperidine rings is 1. The van der Waals surface area contributed by atoms with Crippen molar-refractivity contribution in [2.24, 2.45) is 7.05 Å². The summed E-state index contributed by atoms with van der Waals surface area (Å²) in [7, 11) is 4.04. The van der Waals surface area contributed by atoms with Crippen molar-refractivity contribution in [3.8, 4) is 0 Å². The molecule has 16 heavy (non-hydrogen) atoms. The van der Waals surface area contributed by atoms with Gasteiger partial charge in [-0.3, -0.25) is 4.90 Å². The molecule has 1 saturated heterocycles. The molecule has 0 amide bonds. The lowest BCUT2D eigenvalue weighted by Crippen LogP contribution is -2.38. The van der Waals surface area contributed by atoms with E-state index in [0.29, 0.717) is 6.04 Å². The SMILES string of the molecule is CNCC(c1cn(C)cn1)N1CCCCC1. The van der Waals surface area contributed by atoms with Crippen LogP contribution >= 0.6 is 0 Å². The Morgan fingerprint density at radius 3 is 2.69 bits per heavy atom. The third-order valence-corrected chi connectivity index (χ3v) is 3.30. The van der Waals surface area contributed by atoms with Crippen molar-refractivity contribution in [3.05, 3.63) is 18.2 Å². The molecule has 0 aromatic carbocycles. The maximum absolute atomic E-state index is 4.49. The van der Waals surface area contributed by atoms with Gasteiger partial charge in [0, 0.05) is 19.8 Å². The largest absolute Gasteiger partial charge is 0.340 e. The molecule has 0 radical (unpaired) electrons. The monoisotopic (exact) mass is 222 g/mol. The van der Waals surface area contributed by atoms with Crippen molar-refractivity contribution in [1.29, 1.82) is 0 Å². The van der Waals surface area contributed by atoms with Crippen molar-refractivity contribution < 1.29 is 0 Å². The molecule has 0 spiro atoms. The van der Waals surface area contributed by atoms with Gasteiger partial charge in [0.1, 0.15) is 0 Å². The number of likely N-dealkylation sites (N-methyl/N-ethyl adjacent to an activating group) is 1. The van der Waals surface area contributed by atoms with Gasteiger partial charge in [-0.1, -0.05) is 6.42 Å². The van der Waals surface area contributed by atoms with Gasteiger partial charge in [0.25, 0.3) is 0 Å². The van der Waals surface area contributed by atoms with Crippen LogP contribution in [0.1, 0.15) is 31.0 Å². The van der Waals surface area contributed by atoms with Gasteiger partial charge in [-0.25, -0.2) is 4.98 Å². The summed E-state index contributed by atoms with van der Waals surface area (Å²) >= 11 is 0. The third kappa shape index (κ3) is 2.62. The molecule has 1 fully saturated rings. The van der Waals surface area contributed by atoms with Crippen molar-refractivity contribution in [2.45, 2.75) is 25.3 Å². The number of aromatic nitrogens is 2. The van der Waals surface area contributed by atoms with Crippen LogP contribution in [0.4, 0.5) is 0 Å². The van der Waals surface area contributed by atoms with E-state index in [1.54, 1.807) is 0 Å². The second kappa shape index (κ2) is 5.46. The molecule has 0 saturated carbocycles. The zero-order valence-corrected chi connectivity index (χ0v) is 10.3. The lowest BCUT2D eigenvalue weighted by atomic mass is 10.1. The Morgan fingerprint density at radius 1 is 1.38 bits per heavy atom. The molecule has 2 rings (SSSR count). The number of imidazole rings is 1. The molecule has 1 atom stereocenters. The van der Waals surface area contributed by atoms with Crippen LogP contribution in [0.15, 0.2) is 12.5 Å². The lowest BCUT2D eigenvalue weighted by Gasteiger charge is -2.33. The van der Waals surface area contributed by atoms with Gasteiger partial charge in [-0.05, 0) is 33.0 Å². The summed E-state index contributed by atoms with van der Waals surface area (Å²) in [4.78, 5) is 7.05. The number of likely N-dealkylation sites (tertiary alicyclic amines) is 1. The van der Waals surface area contributed by atoms with Crippen molar-refractivity contribution in [3.63, 3.8) is 0 Å². The minimum Gasteiger partial charge on any atom is -0.340 e. The number of hydrogen-bond acceptors (Lipinski definition) is 3. The first-order chi connectivity index (χ1) is 7.81. The van der Waals surface area contributed by atoms with Crippen molar-refractivity contribution in [1.82, 2.24) is 19.8 Å². The quantitative estimate of drug-likeness (QED) is 0.830. The fraction of sp³-hybridized carbons (Fsp3) is 0.750. The highest BCUT2D eigenvalue weighted by Gasteiger charge is 2.23. The smallest absolute Gasteiger partial charge is 0.0947 e. The standard InChI is InChI=1S/C12H22N4/c1-13-8-12(11-9-15(2)10-14-11)16-6-4-3-5-7-16/h9-10,12-13H,3-8H2,1-2H3. The summed E-state index contributed by atoms with van der Waals surface area (Å²) in [6.07, 6.45) is 8.06. The van der Waals surface area contributed by atoms with Gasteiger partial charge in [-0.15, -0.1) is 0 Å². The molecule has 1 unspecified atom stereocenters. The van der Waals surface area contributed by atoms with Gasteiger partial charge in [0.05, 0.1) is 18.1 Å². The zero-order valence-electron chi connectivity index (χ0n) is 10.3. The van der Waals surface area contributed by atoms with Crippen LogP contribution in [-0.2, 0) is 7.05 Å². The molecule has 1 aliphatic heterocycles. The molecule has 90 valence electrons. The van der Waals surface area contributed by atoms with E-state index >= 15 is 0 Å². The van der Waals surface area contributed by atoms with Crippen LogP contribution in [0.25, 0.3) is 0 Å². The third-order valence-electron chi connectivity index (χ3n) is 3.30. The van der Waals surface area contributed by atoms with Gasteiger partial charge in [0.2, 0.25) is 0 Å². The molecule has 0 bridgehead atoms. The molecule has 1 aliphatic rings. The highest BCUT2D eigenvalue weighted by molar-refractivity contribution is 5.05. The van der Waals surface area contributed by atoms with Crippen molar-refractivity contribution >= 4 is 0 Å². The zero-order chi connectivity index (χ0) is 11.4. The van der Waals surface area contributed by atoms with Gasteiger partial charge < -0.3 is 9.88 Å². The second-order valence-corrected chi connectivity index (χ2v) is 4.63. The van der Waals surface area contributed by atoms with Gasteiger partial charge >= 0.3 is 0 Å². The van der Waals surface area contributed by atoms with E-state index in [1.165, 1.54) is 38.0 Å². The fourth-order valence-electron chi connectivity index (χ4n) is 2.45. The maximum atomic E-state index is 4.49. The van der Waals surface area contributed by atoms with E-state index in [2.05, 4.69) is 21.4 Å². The average molecular weight is 222 g/mol. The first kappa shape index (κ1) is 11.6. The molecular formula is C12H22N4. The number of hydrogen-bond donors (Lipinski definition) is 1. The Bertz CT molecular complexity index is 315. The molecule has 0 aliphatic carbocycles. The number of rotatable bonds is 4. The number of aryl methyl sites for hydroxylation is 1. The second-order valence-electron chi connectivity index (χ2n) is 4.63. The minimum absolute atomic E-state index is 0.437. The Hall–Kier alpha value is -0.870. The van der Waals surface area contributed by atoms with Crippen LogP contribution in [-0.4, -0.2) is 41.1 Å². The van der Waals surface area contributed by atoms with E-state index in [4.69, 9.17) is 0 Å². The summed E-state index contributed by atoms with van der Waals surface area (Å²) in [6, 6.07) is 0.437. The van der Waals surface area contributed by atoms with E-state index < -0.39 is 0 Å². The highest BCUT2D eigenvalue weighted by Crippen LogP contribution is 2.22. The molecule has 1 aromatic rings. The van der Waals surface area contributed by atoms with Gasteiger partial charge in [-0.2, -0.15) is 0 Å². The number of nitrogens with zero attached hydrogens (tertiary/aromatic N) is 3. The lowest BCUT2D eigenvalue weighted by molar-refractivity contribution is 0.159. The van der Waals surface area contributed by atoms with E-state index in [9.17, 15) is 0 Å². The Labute approximate surface area is 97.7 Å². The molecule has 4 nitrogen and oxygen atoms in total. The minimum atomic E-state index is 0.437. The predicted molar refractivity (Wildman–Crippen MR) is 65.3 cm³/mol. The van der Waals surface area contributed by atoms with Gasteiger partial charge in [0.15, 0.2) is 0 Å². The van der Waals surface area contributed by atoms with E-state index in [-0.39, 0.29) is 0 Å². The van der Waals surface area contributed by atoms with Crippen LogP contribution in [0.3, 0.4) is 0 Å². The fourth-order valence-corrected chi connectivity index (χ4v) is 2.45. The van der Waals surface area contributed by atoms with Crippen LogP contribution < -0.4 is 5.32 Å². The number of nitrogens with one attached hydrogen (secondary N) is 1. The van der Waals surface area contributed by atoms with Crippen LogP contribution in [0, 0.1) is 0 Å². The first-order valence-electron chi connectivity index (χ1n) is 6.18. The van der Waals surface area contributed by atoms with Crippen LogP contribution in [0.5, 0.6) is 0 Å². The normalized spacial score (nSPS) is 19.9.